The van der Waals surface area contributed by atoms with Gasteiger partial charge in [-0.3, -0.25) is 0 Å². The zero-order valence-corrected chi connectivity index (χ0v) is 8.93. The molecule has 0 nitrogen and oxygen atoms in total. The fourth-order valence-corrected chi connectivity index (χ4v) is 2.63. The summed E-state index contributed by atoms with van der Waals surface area (Å²) in [5.74, 6) is 1.90. The molecular formula is C13H24. The molecule has 0 aromatic carbocycles. The summed E-state index contributed by atoms with van der Waals surface area (Å²) in [6.45, 7) is 8.01. The summed E-state index contributed by atoms with van der Waals surface area (Å²) in [6.07, 6.45) is 12.3. The SMILES string of the molecule is [CH2]CCCC(C[CH2])C1CCCCC1. The Morgan fingerprint density at radius 2 is 1.77 bits per heavy atom. The van der Waals surface area contributed by atoms with Gasteiger partial charge in [-0.1, -0.05) is 71.6 Å². The molecule has 0 heterocycles. The lowest BCUT2D eigenvalue weighted by molar-refractivity contribution is 0.233. The first-order valence-electron chi connectivity index (χ1n) is 5.97. The van der Waals surface area contributed by atoms with Crippen LogP contribution in [0.1, 0.15) is 57.8 Å². The van der Waals surface area contributed by atoms with Gasteiger partial charge in [0, 0.05) is 0 Å². The first kappa shape index (κ1) is 11.1. The van der Waals surface area contributed by atoms with E-state index in [4.69, 9.17) is 0 Å². The molecule has 1 unspecified atom stereocenters. The Bertz CT molecular complexity index is 111. The van der Waals surface area contributed by atoms with Crippen LogP contribution in [-0.4, -0.2) is 0 Å². The first-order valence-corrected chi connectivity index (χ1v) is 5.97. The van der Waals surface area contributed by atoms with E-state index in [0.29, 0.717) is 0 Å². The smallest absolute Gasteiger partial charge is 0.0386 e. The summed E-state index contributed by atoms with van der Waals surface area (Å²) in [6, 6.07) is 0. The third-order valence-corrected chi connectivity index (χ3v) is 3.51. The minimum absolute atomic E-state index is 0.905. The summed E-state index contributed by atoms with van der Waals surface area (Å²) in [5.41, 5.74) is 0. The zero-order chi connectivity index (χ0) is 9.52. The normalized spacial score (nSPS) is 21.7. The summed E-state index contributed by atoms with van der Waals surface area (Å²) in [7, 11) is 0. The number of hydrogen-bond donors (Lipinski definition) is 0. The molecule has 0 amide bonds. The van der Waals surface area contributed by atoms with Gasteiger partial charge in [-0.05, 0) is 11.8 Å². The van der Waals surface area contributed by atoms with Crippen molar-refractivity contribution in [1.82, 2.24) is 0 Å². The Morgan fingerprint density at radius 1 is 1.08 bits per heavy atom. The number of unbranched alkanes of at least 4 members (excludes halogenated alkanes) is 1. The molecular weight excluding hydrogens is 156 g/mol. The fraction of sp³-hybridized carbons (Fsp3) is 0.846. The third kappa shape index (κ3) is 3.70. The predicted octanol–water partition coefficient (Wildman–Crippen LogP) is 4.41. The van der Waals surface area contributed by atoms with Gasteiger partial charge in [0.2, 0.25) is 0 Å². The van der Waals surface area contributed by atoms with Gasteiger partial charge in [0.05, 0.1) is 0 Å². The monoisotopic (exact) mass is 180 g/mol. The van der Waals surface area contributed by atoms with Gasteiger partial charge >= 0.3 is 0 Å². The van der Waals surface area contributed by atoms with E-state index in [1.165, 1.54) is 44.9 Å². The van der Waals surface area contributed by atoms with Gasteiger partial charge in [0.15, 0.2) is 0 Å². The lowest BCUT2D eigenvalue weighted by Crippen LogP contribution is -2.17. The molecule has 1 saturated carbocycles. The van der Waals surface area contributed by atoms with Crippen molar-refractivity contribution in [2.45, 2.75) is 57.8 Å². The Kier molecular flexibility index (Phi) is 5.50. The van der Waals surface area contributed by atoms with E-state index in [1.807, 2.05) is 0 Å². The number of rotatable bonds is 5. The summed E-state index contributed by atoms with van der Waals surface area (Å²) < 4.78 is 0. The van der Waals surface area contributed by atoms with Crippen LogP contribution in [0, 0.1) is 25.7 Å². The van der Waals surface area contributed by atoms with Crippen molar-refractivity contribution in [3.63, 3.8) is 0 Å². The van der Waals surface area contributed by atoms with Crippen LogP contribution in [0.3, 0.4) is 0 Å². The van der Waals surface area contributed by atoms with E-state index in [0.717, 1.165) is 24.7 Å². The van der Waals surface area contributed by atoms with Crippen LogP contribution in [0.25, 0.3) is 0 Å². The van der Waals surface area contributed by atoms with Gasteiger partial charge in [0.1, 0.15) is 0 Å². The van der Waals surface area contributed by atoms with Crippen LogP contribution in [-0.2, 0) is 0 Å². The van der Waals surface area contributed by atoms with Crippen LogP contribution in [0.2, 0.25) is 0 Å². The molecule has 2 radical (unpaired) electrons. The second kappa shape index (κ2) is 6.45. The van der Waals surface area contributed by atoms with Crippen molar-refractivity contribution in [2.75, 3.05) is 0 Å². The third-order valence-electron chi connectivity index (χ3n) is 3.51. The molecule has 0 saturated heterocycles. The first-order chi connectivity index (χ1) is 6.38. The Morgan fingerprint density at radius 3 is 2.31 bits per heavy atom. The lowest BCUT2D eigenvalue weighted by atomic mass is 9.77. The molecule has 1 aliphatic rings. The van der Waals surface area contributed by atoms with Gasteiger partial charge in [-0.2, -0.15) is 0 Å². The highest BCUT2D eigenvalue weighted by atomic mass is 14.3. The van der Waals surface area contributed by atoms with Gasteiger partial charge in [0.25, 0.3) is 0 Å². The van der Waals surface area contributed by atoms with E-state index < -0.39 is 0 Å². The van der Waals surface area contributed by atoms with Gasteiger partial charge < -0.3 is 0 Å². The van der Waals surface area contributed by atoms with Crippen LogP contribution in [0.4, 0.5) is 0 Å². The standard InChI is InChI=1S/C13H24/c1-3-5-9-12(4-2)13-10-7-6-8-11-13/h12-13H,1-11H2. The second-order valence-corrected chi connectivity index (χ2v) is 4.44. The minimum Gasteiger partial charge on any atom is -0.0533 e. The van der Waals surface area contributed by atoms with Gasteiger partial charge in [-0.15, -0.1) is 0 Å². The van der Waals surface area contributed by atoms with Crippen molar-refractivity contribution in [3.05, 3.63) is 13.8 Å². The molecule has 0 aromatic rings. The molecule has 1 atom stereocenters. The average Bonchev–Trinajstić information content (AvgIpc) is 2.21. The summed E-state index contributed by atoms with van der Waals surface area (Å²) in [4.78, 5) is 0. The topological polar surface area (TPSA) is 0 Å². The van der Waals surface area contributed by atoms with Gasteiger partial charge in [-0.25, -0.2) is 0 Å². The van der Waals surface area contributed by atoms with E-state index >= 15 is 0 Å². The van der Waals surface area contributed by atoms with Crippen molar-refractivity contribution >= 4 is 0 Å². The van der Waals surface area contributed by atoms with E-state index in [2.05, 4.69) is 13.8 Å². The fourth-order valence-electron chi connectivity index (χ4n) is 2.63. The quantitative estimate of drug-likeness (QED) is 0.588. The van der Waals surface area contributed by atoms with Crippen molar-refractivity contribution in [3.8, 4) is 0 Å². The van der Waals surface area contributed by atoms with Crippen molar-refractivity contribution in [2.24, 2.45) is 11.8 Å². The van der Waals surface area contributed by atoms with Crippen LogP contribution >= 0.6 is 0 Å². The lowest BCUT2D eigenvalue weighted by Gasteiger charge is -2.29. The highest BCUT2D eigenvalue weighted by Gasteiger charge is 2.21. The van der Waals surface area contributed by atoms with Crippen LogP contribution < -0.4 is 0 Å². The highest BCUT2D eigenvalue weighted by molar-refractivity contribution is 4.74. The molecule has 0 spiro atoms. The predicted molar refractivity (Wildman–Crippen MR) is 59.2 cm³/mol. The van der Waals surface area contributed by atoms with E-state index in [-0.39, 0.29) is 0 Å². The number of hydrogen-bond acceptors (Lipinski definition) is 0. The van der Waals surface area contributed by atoms with Crippen LogP contribution in [0.15, 0.2) is 0 Å². The molecule has 76 valence electrons. The van der Waals surface area contributed by atoms with Crippen LogP contribution in [0.5, 0.6) is 0 Å². The zero-order valence-electron chi connectivity index (χ0n) is 8.93. The molecule has 0 aromatic heterocycles. The maximum Gasteiger partial charge on any atom is -0.0386 e. The second-order valence-electron chi connectivity index (χ2n) is 4.44. The largest absolute Gasteiger partial charge is 0.0533 e. The molecule has 0 N–H and O–H groups in total. The van der Waals surface area contributed by atoms with Crippen molar-refractivity contribution < 1.29 is 0 Å². The minimum atomic E-state index is 0.905. The molecule has 1 fully saturated rings. The van der Waals surface area contributed by atoms with Crippen molar-refractivity contribution in [1.29, 1.82) is 0 Å². The summed E-state index contributed by atoms with van der Waals surface area (Å²) >= 11 is 0. The maximum atomic E-state index is 4.09. The molecule has 1 aliphatic carbocycles. The Labute approximate surface area is 84.1 Å². The highest BCUT2D eigenvalue weighted by Crippen LogP contribution is 2.34. The molecule has 1 rings (SSSR count). The Hall–Kier alpha value is 0. The Balaban J connectivity index is 2.26. The van der Waals surface area contributed by atoms with E-state index in [1.54, 1.807) is 0 Å². The molecule has 0 aliphatic heterocycles. The molecule has 0 bridgehead atoms. The molecule has 13 heavy (non-hydrogen) atoms. The summed E-state index contributed by atoms with van der Waals surface area (Å²) in [5, 5.41) is 0. The van der Waals surface area contributed by atoms with E-state index in [9.17, 15) is 0 Å². The average molecular weight is 180 g/mol. The molecule has 0 heteroatoms. The maximum absolute atomic E-state index is 4.09.